The SMILES string of the molecule is Cn1cc(C(Nc2nccs2)C(=O)O)cn1. The summed E-state index contributed by atoms with van der Waals surface area (Å²) in [6.07, 6.45) is 4.81. The zero-order valence-corrected chi connectivity index (χ0v) is 9.31. The van der Waals surface area contributed by atoms with Crippen molar-refractivity contribution in [3.8, 4) is 0 Å². The van der Waals surface area contributed by atoms with E-state index in [1.165, 1.54) is 17.5 Å². The maximum Gasteiger partial charge on any atom is 0.331 e. The lowest BCUT2D eigenvalue weighted by Crippen LogP contribution is -2.19. The number of thiazole rings is 1. The van der Waals surface area contributed by atoms with E-state index in [4.69, 9.17) is 5.11 Å². The third-order valence-corrected chi connectivity index (χ3v) is 2.71. The molecule has 2 rings (SSSR count). The molecule has 0 fully saturated rings. The van der Waals surface area contributed by atoms with E-state index < -0.39 is 12.0 Å². The van der Waals surface area contributed by atoms with Crippen LogP contribution in [0.2, 0.25) is 0 Å². The van der Waals surface area contributed by atoms with Crippen LogP contribution in [-0.4, -0.2) is 25.8 Å². The van der Waals surface area contributed by atoms with E-state index in [9.17, 15) is 4.79 Å². The molecule has 0 saturated carbocycles. The topological polar surface area (TPSA) is 80.0 Å². The second-order valence-electron chi connectivity index (χ2n) is 3.20. The van der Waals surface area contributed by atoms with Crippen LogP contribution in [0.5, 0.6) is 0 Å². The fraction of sp³-hybridized carbons (Fsp3) is 0.222. The van der Waals surface area contributed by atoms with Crippen LogP contribution in [0.25, 0.3) is 0 Å². The first-order valence-corrected chi connectivity index (χ1v) is 5.42. The third-order valence-electron chi connectivity index (χ3n) is 2.01. The number of aromatic nitrogens is 3. The first kappa shape index (κ1) is 10.6. The van der Waals surface area contributed by atoms with Gasteiger partial charge in [0.15, 0.2) is 11.2 Å². The Morgan fingerprint density at radius 2 is 2.50 bits per heavy atom. The zero-order chi connectivity index (χ0) is 11.5. The predicted molar refractivity (Wildman–Crippen MR) is 59.3 cm³/mol. The standard InChI is InChI=1S/C9H10N4O2S/c1-13-5-6(4-11-13)7(8(14)15)12-9-10-2-3-16-9/h2-5,7H,1H3,(H,10,12)(H,14,15). The molecular formula is C9H10N4O2S. The maximum absolute atomic E-state index is 11.1. The molecule has 0 aliphatic carbocycles. The van der Waals surface area contributed by atoms with Crippen LogP contribution < -0.4 is 5.32 Å². The van der Waals surface area contributed by atoms with E-state index in [0.717, 1.165) is 0 Å². The number of nitrogens with one attached hydrogen (secondary N) is 1. The van der Waals surface area contributed by atoms with Crippen LogP contribution in [0, 0.1) is 0 Å². The van der Waals surface area contributed by atoms with Gasteiger partial charge in [0.2, 0.25) is 0 Å². The summed E-state index contributed by atoms with van der Waals surface area (Å²) in [4.78, 5) is 15.1. The molecule has 0 saturated heterocycles. The average molecular weight is 238 g/mol. The number of hydrogen-bond acceptors (Lipinski definition) is 5. The second-order valence-corrected chi connectivity index (χ2v) is 4.09. The van der Waals surface area contributed by atoms with Crippen molar-refractivity contribution < 1.29 is 9.90 Å². The van der Waals surface area contributed by atoms with Gasteiger partial charge in [0.1, 0.15) is 0 Å². The van der Waals surface area contributed by atoms with Crippen molar-refractivity contribution in [1.82, 2.24) is 14.8 Å². The number of nitrogens with zero attached hydrogens (tertiary/aromatic N) is 3. The number of hydrogen-bond donors (Lipinski definition) is 2. The molecule has 1 unspecified atom stereocenters. The number of aliphatic carboxylic acids is 1. The third kappa shape index (κ3) is 2.19. The molecule has 0 bridgehead atoms. The van der Waals surface area contributed by atoms with Gasteiger partial charge in [-0.25, -0.2) is 9.78 Å². The Labute approximate surface area is 95.6 Å². The summed E-state index contributed by atoms with van der Waals surface area (Å²) in [5.74, 6) is -0.955. The number of carboxylic acid groups (broad SMARTS) is 1. The van der Waals surface area contributed by atoms with Gasteiger partial charge >= 0.3 is 5.97 Å². The summed E-state index contributed by atoms with van der Waals surface area (Å²) in [5, 5.41) is 18.3. The normalized spacial score (nSPS) is 12.3. The molecule has 7 heteroatoms. The van der Waals surface area contributed by atoms with E-state index in [2.05, 4.69) is 15.4 Å². The Bertz CT molecular complexity index is 479. The van der Waals surface area contributed by atoms with E-state index in [0.29, 0.717) is 10.7 Å². The van der Waals surface area contributed by atoms with Gasteiger partial charge in [-0.05, 0) is 0 Å². The molecule has 2 heterocycles. The van der Waals surface area contributed by atoms with Gasteiger partial charge in [0.25, 0.3) is 0 Å². The maximum atomic E-state index is 11.1. The van der Waals surface area contributed by atoms with Crippen molar-refractivity contribution in [2.24, 2.45) is 7.05 Å². The molecule has 1 atom stereocenters. The van der Waals surface area contributed by atoms with E-state index in [1.807, 2.05) is 0 Å². The average Bonchev–Trinajstić information content (AvgIpc) is 2.84. The van der Waals surface area contributed by atoms with Crippen LogP contribution in [0.4, 0.5) is 5.13 Å². The molecule has 0 aromatic carbocycles. The Kier molecular flexibility index (Phi) is 2.86. The molecule has 0 spiro atoms. The van der Waals surface area contributed by atoms with Crippen LogP contribution in [0.1, 0.15) is 11.6 Å². The highest BCUT2D eigenvalue weighted by Crippen LogP contribution is 2.20. The molecule has 0 amide bonds. The molecule has 16 heavy (non-hydrogen) atoms. The summed E-state index contributed by atoms with van der Waals surface area (Å²) >= 11 is 1.36. The van der Waals surface area contributed by atoms with Crippen molar-refractivity contribution in [2.75, 3.05) is 5.32 Å². The van der Waals surface area contributed by atoms with Gasteiger partial charge in [-0.2, -0.15) is 5.10 Å². The number of aryl methyl sites for hydroxylation is 1. The van der Waals surface area contributed by atoms with E-state index in [1.54, 1.807) is 29.5 Å². The highest BCUT2D eigenvalue weighted by atomic mass is 32.1. The van der Waals surface area contributed by atoms with Crippen molar-refractivity contribution in [1.29, 1.82) is 0 Å². The Morgan fingerprint density at radius 3 is 3.00 bits per heavy atom. The van der Waals surface area contributed by atoms with Gasteiger partial charge in [-0.3, -0.25) is 4.68 Å². The first-order valence-electron chi connectivity index (χ1n) is 4.54. The number of carbonyl (C=O) groups is 1. The fourth-order valence-corrected chi connectivity index (χ4v) is 1.85. The molecule has 0 aliphatic rings. The highest BCUT2D eigenvalue weighted by molar-refractivity contribution is 7.13. The monoisotopic (exact) mass is 238 g/mol. The number of rotatable bonds is 4. The summed E-state index contributed by atoms with van der Waals surface area (Å²) in [6, 6.07) is -0.820. The first-order chi connectivity index (χ1) is 7.66. The second kappa shape index (κ2) is 4.31. The summed E-state index contributed by atoms with van der Waals surface area (Å²) in [7, 11) is 1.74. The minimum atomic E-state index is -0.955. The smallest absolute Gasteiger partial charge is 0.331 e. The lowest BCUT2D eigenvalue weighted by atomic mass is 10.2. The lowest BCUT2D eigenvalue weighted by Gasteiger charge is -2.11. The molecule has 0 radical (unpaired) electrons. The van der Waals surface area contributed by atoms with Crippen LogP contribution >= 0.6 is 11.3 Å². The zero-order valence-electron chi connectivity index (χ0n) is 8.49. The lowest BCUT2D eigenvalue weighted by molar-refractivity contribution is -0.138. The molecule has 2 aromatic rings. The molecule has 84 valence electrons. The minimum absolute atomic E-state index is 0.580. The summed E-state index contributed by atoms with van der Waals surface area (Å²) in [6.45, 7) is 0. The number of anilines is 1. The van der Waals surface area contributed by atoms with Crippen LogP contribution in [-0.2, 0) is 11.8 Å². The summed E-state index contributed by atoms with van der Waals surface area (Å²) < 4.78 is 1.56. The van der Waals surface area contributed by atoms with Crippen LogP contribution in [0.3, 0.4) is 0 Å². The number of carboxylic acids is 1. The van der Waals surface area contributed by atoms with Crippen molar-refractivity contribution in [2.45, 2.75) is 6.04 Å². The van der Waals surface area contributed by atoms with Gasteiger partial charge in [-0.15, -0.1) is 11.3 Å². The van der Waals surface area contributed by atoms with Gasteiger partial charge in [0.05, 0.1) is 6.20 Å². The minimum Gasteiger partial charge on any atom is -0.479 e. The Balaban J connectivity index is 2.21. The molecule has 2 aromatic heterocycles. The van der Waals surface area contributed by atoms with Crippen molar-refractivity contribution in [3.63, 3.8) is 0 Å². The predicted octanol–water partition coefficient (Wildman–Crippen LogP) is 1.11. The van der Waals surface area contributed by atoms with Crippen LogP contribution in [0.15, 0.2) is 24.0 Å². The fourth-order valence-electron chi connectivity index (χ4n) is 1.30. The molecule has 6 nitrogen and oxygen atoms in total. The van der Waals surface area contributed by atoms with Gasteiger partial charge in [0, 0.05) is 30.4 Å². The van der Waals surface area contributed by atoms with E-state index in [-0.39, 0.29) is 0 Å². The molecule has 0 aliphatic heterocycles. The van der Waals surface area contributed by atoms with Gasteiger partial charge < -0.3 is 10.4 Å². The Morgan fingerprint density at radius 1 is 1.69 bits per heavy atom. The van der Waals surface area contributed by atoms with E-state index >= 15 is 0 Å². The van der Waals surface area contributed by atoms with Crippen molar-refractivity contribution >= 4 is 22.4 Å². The molecular weight excluding hydrogens is 228 g/mol. The quantitative estimate of drug-likeness (QED) is 0.834. The van der Waals surface area contributed by atoms with Gasteiger partial charge in [-0.1, -0.05) is 0 Å². The summed E-state index contributed by atoms with van der Waals surface area (Å²) in [5.41, 5.74) is 0.602. The Hall–Kier alpha value is -1.89. The largest absolute Gasteiger partial charge is 0.479 e. The highest BCUT2D eigenvalue weighted by Gasteiger charge is 2.21. The van der Waals surface area contributed by atoms with Crippen molar-refractivity contribution in [3.05, 3.63) is 29.5 Å². The molecule has 2 N–H and O–H groups in total.